The molecule has 1 rings (SSSR count). The fourth-order valence-electron chi connectivity index (χ4n) is 1.86. The first-order valence-corrected chi connectivity index (χ1v) is 8.30. The monoisotopic (exact) mass is 353 g/mol. The van der Waals surface area contributed by atoms with Crippen LogP contribution < -0.4 is 4.72 Å². The van der Waals surface area contributed by atoms with E-state index in [1.807, 2.05) is 0 Å². The van der Waals surface area contributed by atoms with Gasteiger partial charge in [-0.1, -0.05) is 6.07 Å². The van der Waals surface area contributed by atoms with E-state index in [2.05, 4.69) is 9.46 Å². The van der Waals surface area contributed by atoms with Crippen molar-refractivity contribution in [1.29, 1.82) is 0 Å². The summed E-state index contributed by atoms with van der Waals surface area (Å²) in [5, 5.41) is 0. The number of carbonyl (C=O) groups excluding carboxylic acids is 1. The molecule has 0 radical (unpaired) electrons. The van der Waals surface area contributed by atoms with Crippen LogP contribution in [0, 0.1) is 6.92 Å². The second-order valence-corrected chi connectivity index (χ2v) is 6.67. The Kier molecular flexibility index (Phi) is 6.57. The molecular formula is C14H18F3NO4S. The lowest BCUT2D eigenvalue weighted by molar-refractivity contribution is -0.141. The maximum absolute atomic E-state index is 12.8. The summed E-state index contributed by atoms with van der Waals surface area (Å²) in [6.45, 7) is 1.29. The summed E-state index contributed by atoms with van der Waals surface area (Å²) in [5.74, 6) is -0.402. The third-order valence-electron chi connectivity index (χ3n) is 3.15. The number of sulfonamides is 1. The summed E-state index contributed by atoms with van der Waals surface area (Å²) in [4.78, 5) is 10.4. The number of carbonyl (C=O) groups is 1. The number of halogens is 3. The molecule has 130 valence electrons. The Labute approximate surface area is 132 Å². The van der Waals surface area contributed by atoms with Gasteiger partial charge in [-0.2, -0.15) is 13.2 Å². The second-order valence-electron chi connectivity index (χ2n) is 4.91. The predicted octanol–water partition coefficient (Wildman–Crippen LogP) is 2.64. The van der Waals surface area contributed by atoms with Crippen molar-refractivity contribution in [1.82, 2.24) is 4.72 Å². The van der Waals surface area contributed by atoms with E-state index in [9.17, 15) is 26.4 Å². The largest absolute Gasteiger partial charge is 0.469 e. The SMILES string of the molecule is COC(=O)CCCCNS(=O)(=O)c1ccc(C)c(C(F)(F)F)c1. The molecule has 0 atom stereocenters. The molecule has 0 amide bonds. The lowest BCUT2D eigenvalue weighted by Gasteiger charge is -2.13. The number of hydrogen-bond acceptors (Lipinski definition) is 4. The van der Waals surface area contributed by atoms with E-state index in [0.717, 1.165) is 12.1 Å². The fraction of sp³-hybridized carbons (Fsp3) is 0.500. The quantitative estimate of drug-likeness (QED) is 0.604. The number of benzene rings is 1. The Morgan fingerprint density at radius 1 is 1.26 bits per heavy atom. The van der Waals surface area contributed by atoms with Crippen LogP contribution >= 0.6 is 0 Å². The minimum absolute atomic E-state index is 0.0224. The van der Waals surface area contributed by atoms with Crippen molar-refractivity contribution in [3.63, 3.8) is 0 Å². The van der Waals surface area contributed by atoms with Crippen LogP contribution in [-0.2, 0) is 25.7 Å². The summed E-state index contributed by atoms with van der Waals surface area (Å²) < 4.78 is 69.1. The fourth-order valence-corrected chi connectivity index (χ4v) is 2.96. The molecule has 0 unspecified atom stereocenters. The van der Waals surface area contributed by atoms with Gasteiger partial charge in [-0.05, 0) is 37.5 Å². The van der Waals surface area contributed by atoms with Crippen molar-refractivity contribution in [2.45, 2.75) is 37.3 Å². The third kappa shape index (κ3) is 5.83. The molecule has 0 aliphatic heterocycles. The molecule has 0 fully saturated rings. The number of aryl methyl sites for hydroxylation is 1. The van der Waals surface area contributed by atoms with Gasteiger partial charge < -0.3 is 4.74 Å². The first-order chi connectivity index (χ1) is 10.6. The van der Waals surface area contributed by atoms with Gasteiger partial charge in [0.1, 0.15) is 0 Å². The summed E-state index contributed by atoms with van der Waals surface area (Å²) in [5.41, 5.74) is -1.03. The molecule has 0 aliphatic rings. The number of esters is 1. The van der Waals surface area contributed by atoms with E-state index < -0.39 is 32.6 Å². The van der Waals surface area contributed by atoms with Gasteiger partial charge in [0.2, 0.25) is 10.0 Å². The molecule has 1 aromatic carbocycles. The summed E-state index contributed by atoms with van der Waals surface area (Å²) in [6.07, 6.45) is -3.68. The number of methoxy groups -OCH3 is 1. The number of alkyl halides is 3. The first kappa shape index (κ1) is 19.4. The predicted molar refractivity (Wildman–Crippen MR) is 77.2 cm³/mol. The van der Waals surface area contributed by atoms with E-state index in [4.69, 9.17) is 0 Å². The lowest BCUT2D eigenvalue weighted by Crippen LogP contribution is -2.25. The Balaban J connectivity index is 2.72. The molecule has 5 nitrogen and oxygen atoms in total. The molecule has 1 N–H and O–H groups in total. The van der Waals surface area contributed by atoms with Crippen LogP contribution in [-0.4, -0.2) is 28.0 Å². The van der Waals surface area contributed by atoms with Crippen LogP contribution in [0.5, 0.6) is 0 Å². The van der Waals surface area contributed by atoms with Crippen LogP contribution in [0.3, 0.4) is 0 Å². The highest BCUT2D eigenvalue weighted by Crippen LogP contribution is 2.33. The minimum Gasteiger partial charge on any atom is -0.469 e. The smallest absolute Gasteiger partial charge is 0.416 e. The Hall–Kier alpha value is -1.61. The van der Waals surface area contributed by atoms with Gasteiger partial charge in [0.25, 0.3) is 0 Å². The zero-order valence-corrected chi connectivity index (χ0v) is 13.6. The summed E-state index contributed by atoms with van der Waals surface area (Å²) in [7, 11) is -2.78. The minimum atomic E-state index is -4.61. The first-order valence-electron chi connectivity index (χ1n) is 6.82. The maximum Gasteiger partial charge on any atom is 0.416 e. The number of nitrogens with one attached hydrogen (secondary N) is 1. The van der Waals surface area contributed by atoms with Crippen LogP contribution in [0.1, 0.15) is 30.4 Å². The zero-order chi connectivity index (χ0) is 17.7. The average Bonchev–Trinajstić information content (AvgIpc) is 2.45. The van der Waals surface area contributed by atoms with E-state index in [1.165, 1.54) is 14.0 Å². The molecule has 0 saturated heterocycles. The molecular weight excluding hydrogens is 335 g/mol. The lowest BCUT2D eigenvalue weighted by atomic mass is 10.1. The normalized spacial score (nSPS) is 12.2. The van der Waals surface area contributed by atoms with E-state index in [0.29, 0.717) is 18.9 Å². The molecule has 23 heavy (non-hydrogen) atoms. The van der Waals surface area contributed by atoms with Gasteiger partial charge in [-0.3, -0.25) is 4.79 Å². The molecule has 0 heterocycles. The second kappa shape index (κ2) is 7.78. The zero-order valence-electron chi connectivity index (χ0n) is 12.7. The van der Waals surface area contributed by atoms with Gasteiger partial charge >= 0.3 is 12.1 Å². The molecule has 0 aromatic heterocycles. The van der Waals surface area contributed by atoms with Crippen molar-refractivity contribution in [3.05, 3.63) is 29.3 Å². The van der Waals surface area contributed by atoms with Crippen molar-refractivity contribution >= 4 is 16.0 Å². The van der Waals surface area contributed by atoms with E-state index in [1.54, 1.807) is 0 Å². The van der Waals surface area contributed by atoms with Crippen molar-refractivity contribution < 1.29 is 31.1 Å². The van der Waals surface area contributed by atoms with E-state index >= 15 is 0 Å². The number of ether oxygens (including phenoxy) is 1. The molecule has 1 aromatic rings. The van der Waals surface area contributed by atoms with Crippen LogP contribution in [0.4, 0.5) is 13.2 Å². The molecule has 9 heteroatoms. The highest BCUT2D eigenvalue weighted by molar-refractivity contribution is 7.89. The summed E-state index contributed by atoms with van der Waals surface area (Å²) in [6, 6.07) is 2.86. The number of rotatable bonds is 7. The van der Waals surface area contributed by atoms with Crippen molar-refractivity contribution in [2.75, 3.05) is 13.7 Å². The van der Waals surface area contributed by atoms with Crippen LogP contribution in [0.25, 0.3) is 0 Å². The number of unbranched alkanes of at least 4 members (excludes halogenated alkanes) is 1. The Morgan fingerprint density at radius 3 is 2.48 bits per heavy atom. The topological polar surface area (TPSA) is 72.5 Å². The molecule has 0 bridgehead atoms. The van der Waals surface area contributed by atoms with Crippen LogP contribution in [0.15, 0.2) is 23.1 Å². The van der Waals surface area contributed by atoms with Gasteiger partial charge in [0.05, 0.1) is 17.6 Å². The highest BCUT2D eigenvalue weighted by Gasteiger charge is 2.33. The summed E-state index contributed by atoms with van der Waals surface area (Å²) >= 11 is 0. The maximum atomic E-state index is 12.8. The van der Waals surface area contributed by atoms with Gasteiger partial charge in [0.15, 0.2) is 0 Å². The van der Waals surface area contributed by atoms with E-state index in [-0.39, 0.29) is 18.5 Å². The standard InChI is InChI=1S/C14H18F3NO4S/c1-10-6-7-11(9-12(10)14(15,16)17)23(20,21)18-8-4-3-5-13(19)22-2/h6-7,9,18H,3-5,8H2,1-2H3. The molecule has 0 spiro atoms. The van der Waals surface area contributed by atoms with Gasteiger partial charge in [0, 0.05) is 13.0 Å². The van der Waals surface area contributed by atoms with Crippen LogP contribution in [0.2, 0.25) is 0 Å². The molecule has 0 saturated carbocycles. The van der Waals surface area contributed by atoms with Crippen molar-refractivity contribution in [3.8, 4) is 0 Å². The Bertz CT molecular complexity index is 656. The van der Waals surface area contributed by atoms with Gasteiger partial charge in [-0.25, -0.2) is 13.1 Å². The third-order valence-corrected chi connectivity index (χ3v) is 4.61. The van der Waals surface area contributed by atoms with Gasteiger partial charge in [-0.15, -0.1) is 0 Å². The highest BCUT2D eigenvalue weighted by atomic mass is 32.2. The molecule has 0 aliphatic carbocycles. The number of hydrogen-bond donors (Lipinski definition) is 1. The Morgan fingerprint density at radius 2 is 1.91 bits per heavy atom. The average molecular weight is 353 g/mol. The van der Waals surface area contributed by atoms with Crippen molar-refractivity contribution in [2.24, 2.45) is 0 Å².